The minimum atomic E-state index is -0.399. The van der Waals surface area contributed by atoms with Gasteiger partial charge in [-0.15, -0.1) is 0 Å². The summed E-state index contributed by atoms with van der Waals surface area (Å²) in [7, 11) is 1.81. The Morgan fingerprint density at radius 2 is 1.89 bits per heavy atom. The van der Waals surface area contributed by atoms with Gasteiger partial charge >= 0.3 is 5.63 Å². The zero-order chi connectivity index (χ0) is 20.3. The van der Waals surface area contributed by atoms with Crippen molar-refractivity contribution < 1.29 is 9.21 Å². The van der Waals surface area contributed by atoms with Crippen LogP contribution < -0.4 is 10.9 Å². The van der Waals surface area contributed by atoms with E-state index in [4.69, 9.17) is 27.6 Å². The maximum absolute atomic E-state index is 12.3. The van der Waals surface area contributed by atoms with Crippen molar-refractivity contribution in [3.8, 4) is 0 Å². The SMILES string of the molecule is CCc1ccc2c(CN(C)CC(=O)Nc3ccc(Cl)c(Cl)c3)cc(=O)oc2c1. The molecule has 28 heavy (non-hydrogen) atoms. The van der Waals surface area contributed by atoms with Gasteiger partial charge < -0.3 is 9.73 Å². The minimum absolute atomic E-state index is 0.148. The lowest BCUT2D eigenvalue weighted by molar-refractivity contribution is -0.117. The van der Waals surface area contributed by atoms with Crippen LogP contribution in [-0.2, 0) is 17.8 Å². The normalized spacial score (nSPS) is 11.2. The third-order valence-corrected chi connectivity index (χ3v) is 5.10. The molecule has 0 saturated heterocycles. The first-order valence-corrected chi connectivity index (χ1v) is 9.60. The number of nitrogens with one attached hydrogen (secondary N) is 1. The Bertz CT molecular complexity index is 1080. The Labute approximate surface area is 172 Å². The summed E-state index contributed by atoms with van der Waals surface area (Å²) in [5, 5.41) is 4.46. The van der Waals surface area contributed by atoms with Crippen molar-refractivity contribution in [2.45, 2.75) is 19.9 Å². The standard InChI is InChI=1S/C21H20Cl2N2O3/c1-3-13-4-6-16-14(9-21(27)28-19(16)8-13)11-25(2)12-20(26)24-15-5-7-17(22)18(23)10-15/h4-10H,3,11-12H2,1-2H3,(H,24,26). The van der Waals surface area contributed by atoms with E-state index in [0.717, 1.165) is 22.9 Å². The molecule has 0 fully saturated rings. The molecule has 1 N–H and O–H groups in total. The second-order valence-electron chi connectivity index (χ2n) is 6.62. The maximum Gasteiger partial charge on any atom is 0.336 e. The second kappa shape index (κ2) is 8.78. The van der Waals surface area contributed by atoms with E-state index in [0.29, 0.717) is 27.9 Å². The molecule has 5 nitrogen and oxygen atoms in total. The summed E-state index contributed by atoms with van der Waals surface area (Å²) in [5.41, 5.74) is 2.66. The molecular weight excluding hydrogens is 399 g/mol. The Morgan fingerprint density at radius 3 is 2.61 bits per heavy atom. The van der Waals surface area contributed by atoms with Crippen LogP contribution in [0.5, 0.6) is 0 Å². The lowest BCUT2D eigenvalue weighted by Crippen LogP contribution is -2.30. The van der Waals surface area contributed by atoms with Crippen molar-refractivity contribution in [2.24, 2.45) is 0 Å². The van der Waals surface area contributed by atoms with Crippen LogP contribution in [0.4, 0.5) is 5.69 Å². The molecule has 1 amide bonds. The fourth-order valence-corrected chi connectivity index (χ4v) is 3.29. The molecule has 0 aliphatic rings. The number of aryl methyl sites for hydroxylation is 1. The smallest absolute Gasteiger partial charge is 0.336 e. The number of hydrogen-bond acceptors (Lipinski definition) is 4. The first-order chi connectivity index (χ1) is 13.4. The van der Waals surface area contributed by atoms with E-state index in [9.17, 15) is 9.59 Å². The highest BCUT2D eigenvalue weighted by molar-refractivity contribution is 6.42. The van der Waals surface area contributed by atoms with Gasteiger partial charge in [0.25, 0.3) is 0 Å². The number of anilines is 1. The molecule has 0 radical (unpaired) electrons. The fourth-order valence-electron chi connectivity index (χ4n) is 2.99. The van der Waals surface area contributed by atoms with Crippen molar-refractivity contribution in [3.05, 3.63) is 74.1 Å². The van der Waals surface area contributed by atoms with Gasteiger partial charge in [0.1, 0.15) is 5.58 Å². The van der Waals surface area contributed by atoms with Crippen LogP contribution in [0.15, 0.2) is 51.7 Å². The Morgan fingerprint density at radius 1 is 1.11 bits per heavy atom. The van der Waals surface area contributed by atoms with Gasteiger partial charge in [-0.2, -0.15) is 0 Å². The summed E-state index contributed by atoms with van der Waals surface area (Å²) in [6.45, 7) is 2.63. The maximum atomic E-state index is 12.3. The van der Waals surface area contributed by atoms with Gasteiger partial charge in [0, 0.05) is 23.7 Å². The molecule has 0 atom stereocenters. The van der Waals surface area contributed by atoms with E-state index in [-0.39, 0.29) is 12.5 Å². The third-order valence-electron chi connectivity index (χ3n) is 4.36. The molecule has 1 aromatic heterocycles. The molecule has 0 aliphatic carbocycles. The highest BCUT2D eigenvalue weighted by atomic mass is 35.5. The average molecular weight is 419 g/mol. The number of benzene rings is 2. The first kappa shape index (κ1) is 20.4. The quantitative estimate of drug-likeness (QED) is 0.587. The molecule has 146 valence electrons. The Balaban J connectivity index is 1.72. The molecular formula is C21H20Cl2N2O3. The van der Waals surface area contributed by atoms with Gasteiger partial charge in [0.05, 0.1) is 16.6 Å². The zero-order valence-electron chi connectivity index (χ0n) is 15.6. The molecule has 3 aromatic rings. The fraction of sp³-hybridized carbons (Fsp3) is 0.238. The van der Waals surface area contributed by atoms with Gasteiger partial charge in [-0.25, -0.2) is 4.79 Å². The topological polar surface area (TPSA) is 62.6 Å². The Hall–Kier alpha value is -2.34. The number of carbonyl (C=O) groups is 1. The molecule has 2 aromatic carbocycles. The Kier molecular flexibility index (Phi) is 6.39. The molecule has 0 saturated carbocycles. The van der Waals surface area contributed by atoms with Gasteiger partial charge in [0.2, 0.25) is 5.91 Å². The van der Waals surface area contributed by atoms with Gasteiger partial charge in [-0.1, -0.05) is 42.3 Å². The lowest BCUT2D eigenvalue weighted by Gasteiger charge is -2.17. The lowest BCUT2D eigenvalue weighted by atomic mass is 10.1. The number of likely N-dealkylation sites (N-methyl/N-ethyl adjacent to an activating group) is 1. The van der Waals surface area contributed by atoms with Gasteiger partial charge in [0.15, 0.2) is 0 Å². The number of fused-ring (bicyclic) bond motifs is 1. The summed E-state index contributed by atoms with van der Waals surface area (Å²) < 4.78 is 5.33. The summed E-state index contributed by atoms with van der Waals surface area (Å²) in [6, 6.07) is 12.2. The minimum Gasteiger partial charge on any atom is -0.423 e. The van der Waals surface area contributed by atoms with Crippen LogP contribution in [0, 0.1) is 0 Å². The number of amides is 1. The van der Waals surface area contributed by atoms with Crippen LogP contribution in [0.1, 0.15) is 18.1 Å². The molecule has 0 unspecified atom stereocenters. The number of rotatable bonds is 6. The number of hydrogen-bond donors (Lipinski definition) is 1. The van der Waals surface area contributed by atoms with E-state index < -0.39 is 5.63 Å². The van der Waals surface area contributed by atoms with E-state index in [2.05, 4.69) is 5.32 Å². The van der Waals surface area contributed by atoms with Gasteiger partial charge in [-0.05, 0) is 48.9 Å². The van der Waals surface area contributed by atoms with Crippen LogP contribution in [0.3, 0.4) is 0 Å². The highest BCUT2D eigenvalue weighted by Crippen LogP contribution is 2.25. The van der Waals surface area contributed by atoms with E-state index in [1.165, 1.54) is 6.07 Å². The number of nitrogens with zero attached hydrogens (tertiary/aromatic N) is 1. The predicted octanol–water partition coefficient (Wildman–Crippen LogP) is 4.73. The molecule has 1 heterocycles. The molecule has 7 heteroatoms. The summed E-state index contributed by atoms with van der Waals surface area (Å²) in [4.78, 5) is 26.1. The average Bonchev–Trinajstić information content (AvgIpc) is 2.63. The first-order valence-electron chi connectivity index (χ1n) is 8.85. The van der Waals surface area contributed by atoms with E-state index >= 15 is 0 Å². The van der Waals surface area contributed by atoms with Crippen LogP contribution in [0.25, 0.3) is 11.0 Å². The van der Waals surface area contributed by atoms with Crippen LogP contribution in [-0.4, -0.2) is 24.4 Å². The van der Waals surface area contributed by atoms with Gasteiger partial charge in [-0.3, -0.25) is 9.69 Å². The van der Waals surface area contributed by atoms with Crippen molar-refractivity contribution in [1.29, 1.82) is 0 Å². The molecule has 0 spiro atoms. The number of carbonyl (C=O) groups excluding carboxylic acids is 1. The number of halogens is 2. The predicted molar refractivity (Wildman–Crippen MR) is 113 cm³/mol. The van der Waals surface area contributed by atoms with Crippen molar-refractivity contribution >= 4 is 45.8 Å². The van der Waals surface area contributed by atoms with Crippen molar-refractivity contribution in [1.82, 2.24) is 4.90 Å². The zero-order valence-corrected chi connectivity index (χ0v) is 17.1. The van der Waals surface area contributed by atoms with E-state index in [1.54, 1.807) is 18.2 Å². The third kappa shape index (κ3) is 4.93. The van der Waals surface area contributed by atoms with Crippen LogP contribution in [0.2, 0.25) is 10.0 Å². The largest absolute Gasteiger partial charge is 0.423 e. The highest BCUT2D eigenvalue weighted by Gasteiger charge is 2.12. The van der Waals surface area contributed by atoms with Crippen molar-refractivity contribution in [2.75, 3.05) is 18.9 Å². The summed E-state index contributed by atoms with van der Waals surface area (Å²) in [5.74, 6) is -0.193. The monoisotopic (exact) mass is 418 g/mol. The summed E-state index contributed by atoms with van der Waals surface area (Å²) >= 11 is 11.9. The van der Waals surface area contributed by atoms with Crippen LogP contribution >= 0.6 is 23.2 Å². The van der Waals surface area contributed by atoms with E-state index in [1.807, 2.05) is 37.1 Å². The molecule has 0 bridgehead atoms. The molecule has 0 aliphatic heterocycles. The molecule has 3 rings (SSSR count). The summed E-state index contributed by atoms with van der Waals surface area (Å²) in [6.07, 6.45) is 0.860. The van der Waals surface area contributed by atoms with Crippen molar-refractivity contribution in [3.63, 3.8) is 0 Å². The second-order valence-corrected chi connectivity index (χ2v) is 7.44.